The Bertz CT molecular complexity index is 583. The number of hydrogen-bond acceptors (Lipinski definition) is 5. The van der Waals surface area contributed by atoms with Crippen molar-refractivity contribution >= 4 is 12.1 Å². The molecular formula is C19H28N2O4. The van der Waals surface area contributed by atoms with Crippen molar-refractivity contribution in [2.24, 2.45) is 5.92 Å². The zero-order chi connectivity index (χ0) is 18.4. The molecule has 0 radical (unpaired) electrons. The average molecular weight is 348 g/mol. The SMILES string of the molecule is COC(=O)[C@H]1CN(Cc2ccccc2)CC[C@H]1NC(=O)OC(C)(C)C. The number of hydrogen-bond donors (Lipinski definition) is 1. The average Bonchev–Trinajstić information content (AvgIpc) is 2.54. The third kappa shape index (κ3) is 6.05. The number of alkyl carbamates (subject to hydrolysis) is 1. The van der Waals surface area contributed by atoms with Crippen molar-refractivity contribution in [3.63, 3.8) is 0 Å². The molecule has 6 heteroatoms. The van der Waals surface area contributed by atoms with Crippen molar-refractivity contribution in [1.82, 2.24) is 10.2 Å². The molecule has 138 valence electrons. The lowest BCUT2D eigenvalue weighted by molar-refractivity contribution is -0.148. The number of esters is 1. The monoisotopic (exact) mass is 348 g/mol. The van der Waals surface area contributed by atoms with E-state index in [-0.39, 0.29) is 12.0 Å². The van der Waals surface area contributed by atoms with Crippen LogP contribution in [0.25, 0.3) is 0 Å². The third-order valence-electron chi connectivity index (χ3n) is 4.15. The number of methoxy groups -OCH3 is 1. The van der Waals surface area contributed by atoms with Crippen LogP contribution in [0, 0.1) is 5.92 Å². The fourth-order valence-electron chi connectivity index (χ4n) is 3.03. The molecule has 0 aliphatic carbocycles. The van der Waals surface area contributed by atoms with Gasteiger partial charge < -0.3 is 14.8 Å². The minimum absolute atomic E-state index is 0.283. The van der Waals surface area contributed by atoms with Crippen LogP contribution in [0.3, 0.4) is 0 Å². The molecule has 0 aromatic heterocycles. The molecule has 1 aliphatic rings. The zero-order valence-corrected chi connectivity index (χ0v) is 15.5. The van der Waals surface area contributed by atoms with Crippen LogP contribution in [0.15, 0.2) is 30.3 Å². The van der Waals surface area contributed by atoms with Gasteiger partial charge in [-0.3, -0.25) is 9.69 Å². The predicted molar refractivity (Wildman–Crippen MR) is 95.0 cm³/mol. The first-order valence-corrected chi connectivity index (χ1v) is 8.62. The number of nitrogens with zero attached hydrogens (tertiary/aromatic N) is 1. The molecule has 1 amide bonds. The molecule has 0 saturated carbocycles. The standard InChI is InChI=1S/C19H28N2O4/c1-19(2,3)25-18(23)20-16-10-11-21(13-15(16)17(22)24-4)12-14-8-6-5-7-9-14/h5-9,15-16H,10-13H2,1-4H3,(H,20,23)/t15-,16+/m0/s1. The quantitative estimate of drug-likeness (QED) is 0.847. The number of benzene rings is 1. The molecule has 1 fully saturated rings. The Morgan fingerprint density at radius 1 is 1.24 bits per heavy atom. The molecule has 0 bridgehead atoms. The fourth-order valence-corrected chi connectivity index (χ4v) is 3.03. The third-order valence-corrected chi connectivity index (χ3v) is 4.15. The Labute approximate surface area is 149 Å². The number of nitrogens with one attached hydrogen (secondary N) is 1. The molecule has 2 atom stereocenters. The summed E-state index contributed by atoms with van der Waals surface area (Å²) >= 11 is 0. The summed E-state index contributed by atoms with van der Waals surface area (Å²) in [6, 6.07) is 9.84. The van der Waals surface area contributed by atoms with E-state index in [2.05, 4.69) is 22.3 Å². The smallest absolute Gasteiger partial charge is 0.407 e. The van der Waals surface area contributed by atoms with E-state index in [1.807, 2.05) is 39.0 Å². The lowest BCUT2D eigenvalue weighted by Gasteiger charge is -2.37. The Balaban J connectivity index is 2.00. The van der Waals surface area contributed by atoms with Crippen LogP contribution in [0.4, 0.5) is 4.79 Å². The van der Waals surface area contributed by atoms with E-state index in [1.54, 1.807) is 0 Å². The summed E-state index contributed by atoms with van der Waals surface area (Å²) in [5.74, 6) is -0.714. The van der Waals surface area contributed by atoms with Crippen LogP contribution in [0.1, 0.15) is 32.8 Å². The van der Waals surface area contributed by atoms with E-state index >= 15 is 0 Å². The topological polar surface area (TPSA) is 67.9 Å². The van der Waals surface area contributed by atoms with Gasteiger partial charge in [-0.2, -0.15) is 0 Å². The number of piperidine rings is 1. The molecule has 0 unspecified atom stereocenters. The predicted octanol–water partition coefficient (Wildman–Crippen LogP) is 2.57. The molecule has 1 heterocycles. The highest BCUT2D eigenvalue weighted by Crippen LogP contribution is 2.21. The van der Waals surface area contributed by atoms with Crippen LogP contribution in [0.5, 0.6) is 0 Å². The molecule has 1 aromatic rings. The van der Waals surface area contributed by atoms with Gasteiger partial charge in [-0.15, -0.1) is 0 Å². The first-order valence-electron chi connectivity index (χ1n) is 8.62. The first kappa shape index (κ1) is 19.2. The lowest BCUT2D eigenvalue weighted by atomic mass is 9.92. The molecule has 25 heavy (non-hydrogen) atoms. The Morgan fingerprint density at radius 2 is 1.92 bits per heavy atom. The van der Waals surface area contributed by atoms with E-state index in [0.717, 1.165) is 13.1 Å². The highest BCUT2D eigenvalue weighted by Gasteiger charge is 2.36. The second-order valence-corrected chi connectivity index (χ2v) is 7.39. The van der Waals surface area contributed by atoms with Crippen molar-refractivity contribution in [3.8, 4) is 0 Å². The highest BCUT2D eigenvalue weighted by atomic mass is 16.6. The first-order chi connectivity index (χ1) is 11.8. The fraction of sp³-hybridized carbons (Fsp3) is 0.579. The van der Waals surface area contributed by atoms with Gasteiger partial charge in [0, 0.05) is 25.7 Å². The van der Waals surface area contributed by atoms with Crippen LogP contribution in [0.2, 0.25) is 0 Å². The summed E-state index contributed by atoms with van der Waals surface area (Å²) in [6.07, 6.45) is 0.175. The minimum Gasteiger partial charge on any atom is -0.469 e. The number of carbonyl (C=O) groups excluding carboxylic acids is 2. The number of rotatable bonds is 4. The van der Waals surface area contributed by atoms with E-state index in [4.69, 9.17) is 9.47 Å². The van der Waals surface area contributed by atoms with Crippen molar-refractivity contribution in [3.05, 3.63) is 35.9 Å². The van der Waals surface area contributed by atoms with Crippen molar-refractivity contribution in [2.75, 3.05) is 20.2 Å². The summed E-state index contributed by atoms with van der Waals surface area (Å²) < 4.78 is 10.3. The van der Waals surface area contributed by atoms with E-state index in [1.165, 1.54) is 12.7 Å². The summed E-state index contributed by atoms with van der Waals surface area (Å²) in [5, 5.41) is 2.84. The van der Waals surface area contributed by atoms with Crippen LogP contribution < -0.4 is 5.32 Å². The van der Waals surface area contributed by atoms with Gasteiger partial charge in [0.25, 0.3) is 0 Å². The summed E-state index contributed by atoms with van der Waals surface area (Å²) in [6.45, 7) is 7.55. The van der Waals surface area contributed by atoms with E-state index in [9.17, 15) is 9.59 Å². The molecule has 1 aliphatic heterocycles. The summed E-state index contributed by atoms with van der Waals surface area (Å²) in [5.41, 5.74) is 0.628. The van der Waals surface area contributed by atoms with Crippen molar-refractivity contribution in [2.45, 2.75) is 45.4 Å². The van der Waals surface area contributed by atoms with Crippen LogP contribution >= 0.6 is 0 Å². The second-order valence-electron chi connectivity index (χ2n) is 7.39. The molecule has 6 nitrogen and oxygen atoms in total. The van der Waals surface area contributed by atoms with Crippen molar-refractivity contribution in [1.29, 1.82) is 0 Å². The van der Waals surface area contributed by atoms with Gasteiger partial charge >= 0.3 is 12.1 Å². The van der Waals surface area contributed by atoms with E-state index < -0.39 is 17.6 Å². The zero-order valence-electron chi connectivity index (χ0n) is 15.5. The summed E-state index contributed by atoms with van der Waals surface area (Å²) in [7, 11) is 1.38. The molecule has 1 saturated heterocycles. The van der Waals surface area contributed by atoms with E-state index in [0.29, 0.717) is 13.0 Å². The summed E-state index contributed by atoms with van der Waals surface area (Å²) in [4.78, 5) is 26.5. The number of amides is 1. The van der Waals surface area contributed by atoms with Gasteiger partial charge in [0.2, 0.25) is 0 Å². The minimum atomic E-state index is -0.571. The Hall–Kier alpha value is -2.08. The molecule has 0 spiro atoms. The van der Waals surface area contributed by atoms with Gasteiger partial charge in [-0.05, 0) is 32.8 Å². The van der Waals surface area contributed by atoms with Gasteiger partial charge in [-0.1, -0.05) is 30.3 Å². The Kier molecular flexibility index (Phi) is 6.42. The van der Waals surface area contributed by atoms with Gasteiger partial charge in [0.15, 0.2) is 0 Å². The van der Waals surface area contributed by atoms with Gasteiger partial charge in [0.05, 0.1) is 13.0 Å². The molecular weight excluding hydrogens is 320 g/mol. The van der Waals surface area contributed by atoms with Crippen molar-refractivity contribution < 1.29 is 19.1 Å². The number of carbonyl (C=O) groups is 2. The highest BCUT2D eigenvalue weighted by molar-refractivity contribution is 5.75. The maximum atomic E-state index is 12.2. The van der Waals surface area contributed by atoms with Gasteiger partial charge in [-0.25, -0.2) is 4.79 Å². The number of ether oxygens (including phenoxy) is 2. The number of likely N-dealkylation sites (tertiary alicyclic amines) is 1. The van der Waals surface area contributed by atoms with Crippen LogP contribution in [-0.4, -0.2) is 48.8 Å². The second kappa shape index (κ2) is 8.34. The molecule has 2 rings (SSSR count). The molecule has 1 N–H and O–H groups in total. The lowest BCUT2D eigenvalue weighted by Crippen LogP contribution is -2.54. The maximum absolute atomic E-state index is 12.2. The Morgan fingerprint density at radius 3 is 2.52 bits per heavy atom. The van der Waals surface area contributed by atoms with Crippen LogP contribution in [-0.2, 0) is 20.8 Å². The largest absolute Gasteiger partial charge is 0.469 e. The normalized spacial score (nSPS) is 21.4. The maximum Gasteiger partial charge on any atom is 0.407 e. The van der Waals surface area contributed by atoms with Gasteiger partial charge in [0.1, 0.15) is 5.60 Å². The molecule has 1 aromatic carbocycles.